The van der Waals surface area contributed by atoms with Crippen LogP contribution in [-0.4, -0.2) is 6.61 Å². The third-order valence-corrected chi connectivity index (χ3v) is 3.31. The lowest BCUT2D eigenvalue weighted by atomic mass is 10.1. The largest absolute Gasteiger partial charge is 0.489 e. The molecule has 2 aromatic rings. The number of hydrogen-bond donors (Lipinski definition) is 0. The summed E-state index contributed by atoms with van der Waals surface area (Å²) in [7, 11) is 0. The van der Waals surface area contributed by atoms with Crippen molar-refractivity contribution < 1.29 is 4.74 Å². The van der Waals surface area contributed by atoms with Gasteiger partial charge in [-0.15, -0.1) is 0 Å². The van der Waals surface area contributed by atoms with Gasteiger partial charge in [-0.05, 0) is 34.2 Å². The molecule has 0 amide bonds. The number of rotatable bonds is 0. The van der Waals surface area contributed by atoms with E-state index in [1.165, 1.54) is 26.4 Å². The minimum absolute atomic E-state index is 0.702. The van der Waals surface area contributed by atoms with Crippen LogP contribution in [0.2, 0.25) is 0 Å². The molecule has 0 saturated carbocycles. The second kappa shape index (κ2) is 2.76. The van der Waals surface area contributed by atoms with Crippen LogP contribution in [0.3, 0.4) is 0 Å². The molecule has 0 radical (unpaired) electrons. The van der Waals surface area contributed by atoms with E-state index in [2.05, 4.69) is 48.6 Å². The molecule has 0 N–H and O–H groups in total. The van der Waals surface area contributed by atoms with Gasteiger partial charge in [0.05, 0.1) is 0 Å². The normalized spacial score (nSPS) is 14.2. The quantitative estimate of drug-likeness (QED) is 0.538. The summed E-state index contributed by atoms with van der Waals surface area (Å²) >= 11 is 0. The highest BCUT2D eigenvalue weighted by atomic mass is 16.5. The topological polar surface area (TPSA) is 9.23 Å². The van der Waals surface area contributed by atoms with Crippen LogP contribution in [0.5, 0.6) is 5.75 Å². The van der Waals surface area contributed by atoms with Crippen LogP contribution < -0.4 is 15.2 Å². The second-order valence-electron chi connectivity index (χ2n) is 4.19. The summed E-state index contributed by atoms with van der Waals surface area (Å²) in [6, 6.07) is 12.7. The van der Waals surface area contributed by atoms with Crippen LogP contribution >= 0.6 is 0 Å². The van der Waals surface area contributed by atoms with Gasteiger partial charge < -0.3 is 4.74 Å². The minimum Gasteiger partial charge on any atom is -0.489 e. The Balaban J connectivity index is 2.41. The number of ether oxygens (including phenoxy) is 1. The van der Waals surface area contributed by atoms with Crippen LogP contribution in [-0.2, 0) is 0 Å². The SMILES string of the molecule is C1=c2ccccc2=c2c1ccc1c2=CCO1. The maximum Gasteiger partial charge on any atom is 0.127 e. The van der Waals surface area contributed by atoms with Crippen molar-refractivity contribution in [3.8, 4) is 5.75 Å². The smallest absolute Gasteiger partial charge is 0.127 e. The van der Waals surface area contributed by atoms with Gasteiger partial charge in [-0.3, -0.25) is 0 Å². The molecule has 0 aromatic heterocycles. The first kappa shape index (κ1) is 8.17. The van der Waals surface area contributed by atoms with Crippen LogP contribution in [0.4, 0.5) is 0 Å². The summed E-state index contributed by atoms with van der Waals surface area (Å²) < 4.78 is 5.57. The fourth-order valence-electron chi connectivity index (χ4n) is 2.60. The third kappa shape index (κ3) is 0.904. The predicted molar refractivity (Wildman–Crippen MR) is 63.3 cm³/mol. The highest BCUT2D eigenvalue weighted by molar-refractivity contribution is 5.59. The molecular weight excluding hydrogens is 196 g/mol. The molecular formula is C15H10O. The van der Waals surface area contributed by atoms with E-state index < -0.39 is 0 Å². The lowest BCUT2D eigenvalue weighted by Gasteiger charge is -1.98. The lowest BCUT2D eigenvalue weighted by Crippen LogP contribution is -2.04. The van der Waals surface area contributed by atoms with Gasteiger partial charge >= 0.3 is 0 Å². The van der Waals surface area contributed by atoms with Crippen molar-refractivity contribution in [2.45, 2.75) is 0 Å². The van der Waals surface area contributed by atoms with Crippen LogP contribution in [0, 0.1) is 10.4 Å². The Morgan fingerprint density at radius 1 is 1.00 bits per heavy atom. The average Bonchev–Trinajstić information content (AvgIpc) is 2.91. The van der Waals surface area contributed by atoms with E-state index >= 15 is 0 Å². The number of hydrogen-bond acceptors (Lipinski definition) is 1. The molecule has 2 aromatic carbocycles. The first-order valence-electron chi connectivity index (χ1n) is 5.51. The van der Waals surface area contributed by atoms with E-state index in [0.717, 1.165) is 5.75 Å². The fraction of sp³-hybridized carbons (Fsp3) is 0.0667. The van der Waals surface area contributed by atoms with Gasteiger partial charge in [0.2, 0.25) is 0 Å². The number of fused-ring (bicyclic) bond motifs is 4. The molecule has 1 aliphatic heterocycles. The lowest BCUT2D eigenvalue weighted by molar-refractivity contribution is 0.385. The van der Waals surface area contributed by atoms with E-state index in [1.807, 2.05) is 0 Å². The van der Waals surface area contributed by atoms with Gasteiger partial charge in [0.1, 0.15) is 12.4 Å². The van der Waals surface area contributed by atoms with Crippen molar-refractivity contribution >= 4 is 12.2 Å². The first-order chi connectivity index (χ1) is 7.93. The molecule has 0 spiro atoms. The van der Waals surface area contributed by atoms with E-state index in [4.69, 9.17) is 4.74 Å². The molecule has 1 aliphatic carbocycles. The maximum absolute atomic E-state index is 5.57. The average molecular weight is 206 g/mol. The summed E-state index contributed by atoms with van der Waals surface area (Å²) in [5.41, 5.74) is 1.31. The van der Waals surface area contributed by atoms with E-state index in [0.29, 0.717) is 6.61 Å². The number of benzene rings is 2. The van der Waals surface area contributed by atoms with E-state index in [1.54, 1.807) is 0 Å². The summed E-state index contributed by atoms with van der Waals surface area (Å²) in [5.74, 6) is 1.02. The standard InChI is InChI=1S/C15H10O/c1-2-4-12-10(3-1)9-11-5-6-14-13(15(11)12)7-8-16-14/h1-7,9H,8H2. The Hall–Kier alpha value is -2.02. The van der Waals surface area contributed by atoms with Crippen LogP contribution in [0.1, 0.15) is 5.56 Å². The predicted octanol–water partition coefficient (Wildman–Crippen LogP) is 1.29. The zero-order valence-corrected chi connectivity index (χ0v) is 8.73. The molecule has 2 aliphatic rings. The van der Waals surface area contributed by atoms with Crippen LogP contribution in [0.15, 0.2) is 36.4 Å². The Morgan fingerprint density at radius 3 is 2.94 bits per heavy atom. The summed E-state index contributed by atoms with van der Waals surface area (Å²) in [6.07, 6.45) is 4.42. The van der Waals surface area contributed by atoms with Crippen molar-refractivity contribution in [3.05, 3.63) is 62.8 Å². The molecule has 0 bridgehead atoms. The highest BCUT2D eigenvalue weighted by Crippen LogP contribution is 2.15. The minimum atomic E-state index is 0.702. The maximum atomic E-state index is 5.57. The van der Waals surface area contributed by atoms with Crippen molar-refractivity contribution in [1.82, 2.24) is 0 Å². The summed E-state index contributed by atoms with van der Waals surface area (Å²) in [4.78, 5) is 0. The van der Waals surface area contributed by atoms with E-state index in [9.17, 15) is 0 Å². The van der Waals surface area contributed by atoms with Gasteiger partial charge in [0, 0.05) is 10.4 Å². The zero-order valence-electron chi connectivity index (χ0n) is 8.73. The molecule has 1 heteroatoms. The second-order valence-corrected chi connectivity index (χ2v) is 4.19. The molecule has 0 unspecified atom stereocenters. The molecule has 0 fully saturated rings. The van der Waals surface area contributed by atoms with Crippen molar-refractivity contribution in [2.75, 3.05) is 6.61 Å². The zero-order chi connectivity index (χ0) is 10.5. The van der Waals surface area contributed by atoms with Crippen LogP contribution in [0.25, 0.3) is 12.2 Å². The highest BCUT2D eigenvalue weighted by Gasteiger charge is 2.10. The monoisotopic (exact) mass is 206 g/mol. The molecule has 1 nitrogen and oxygen atoms in total. The molecule has 1 heterocycles. The van der Waals surface area contributed by atoms with Crippen molar-refractivity contribution in [3.63, 3.8) is 0 Å². The molecule has 0 atom stereocenters. The molecule has 0 saturated heterocycles. The third-order valence-electron chi connectivity index (χ3n) is 3.31. The fourth-order valence-corrected chi connectivity index (χ4v) is 2.60. The van der Waals surface area contributed by atoms with Gasteiger partial charge in [0.15, 0.2) is 0 Å². The Labute approximate surface area is 92.6 Å². The van der Waals surface area contributed by atoms with Crippen molar-refractivity contribution in [1.29, 1.82) is 0 Å². The van der Waals surface area contributed by atoms with Gasteiger partial charge in [0.25, 0.3) is 0 Å². The summed E-state index contributed by atoms with van der Waals surface area (Å²) in [5, 5.41) is 5.24. The molecule has 76 valence electrons. The molecule has 4 rings (SSSR count). The Bertz CT molecular complexity index is 800. The Morgan fingerprint density at radius 2 is 1.94 bits per heavy atom. The Kier molecular flexibility index (Phi) is 1.41. The van der Waals surface area contributed by atoms with Gasteiger partial charge in [-0.1, -0.05) is 30.3 Å². The molecule has 16 heavy (non-hydrogen) atoms. The van der Waals surface area contributed by atoms with Gasteiger partial charge in [-0.2, -0.15) is 0 Å². The summed E-state index contributed by atoms with van der Waals surface area (Å²) in [6.45, 7) is 0.702. The first-order valence-corrected chi connectivity index (χ1v) is 5.51. The van der Waals surface area contributed by atoms with Gasteiger partial charge in [-0.25, -0.2) is 0 Å². The van der Waals surface area contributed by atoms with E-state index in [-0.39, 0.29) is 0 Å². The van der Waals surface area contributed by atoms with Crippen molar-refractivity contribution in [2.24, 2.45) is 0 Å².